The van der Waals surface area contributed by atoms with E-state index in [4.69, 9.17) is 5.73 Å². The zero-order valence-corrected chi connectivity index (χ0v) is 11.6. The lowest BCUT2D eigenvalue weighted by Gasteiger charge is -2.27. The predicted octanol–water partition coefficient (Wildman–Crippen LogP) is 2.67. The minimum absolute atomic E-state index is 0.0981. The highest BCUT2D eigenvalue weighted by atomic mass is 16.6. The molecule has 0 amide bonds. The summed E-state index contributed by atoms with van der Waals surface area (Å²) in [5.74, 6) is 0. The minimum Gasteiger partial charge on any atom is -0.330 e. The first kappa shape index (κ1) is 13.9. The summed E-state index contributed by atoms with van der Waals surface area (Å²) in [6, 6.07) is 0. The van der Waals surface area contributed by atoms with E-state index in [0.717, 1.165) is 25.0 Å². The van der Waals surface area contributed by atoms with Gasteiger partial charge in [0.25, 0.3) is 5.69 Å². The summed E-state index contributed by atoms with van der Waals surface area (Å²) in [7, 11) is 0. The Labute approximate surface area is 113 Å². The standard InChI is InChI=1S/C14H21N3O2/c1-10-8-16-12(11(2)13(10)17(18)19)7-14(9-15)5-3-4-6-14/h8H,3-7,9,15H2,1-2H3. The Morgan fingerprint density at radius 3 is 2.58 bits per heavy atom. The molecule has 0 aromatic carbocycles. The van der Waals surface area contributed by atoms with Gasteiger partial charge in [0.05, 0.1) is 10.6 Å². The van der Waals surface area contributed by atoms with Gasteiger partial charge >= 0.3 is 0 Å². The van der Waals surface area contributed by atoms with Crippen molar-refractivity contribution >= 4 is 5.69 Å². The molecule has 0 saturated heterocycles. The molecule has 0 spiro atoms. The molecule has 1 heterocycles. The lowest BCUT2D eigenvalue weighted by molar-refractivity contribution is -0.386. The average Bonchev–Trinajstić information content (AvgIpc) is 2.82. The number of hydrogen-bond acceptors (Lipinski definition) is 4. The molecule has 0 radical (unpaired) electrons. The van der Waals surface area contributed by atoms with E-state index in [2.05, 4.69) is 4.98 Å². The van der Waals surface area contributed by atoms with Crippen LogP contribution < -0.4 is 5.73 Å². The Bertz CT molecular complexity index is 494. The van der Waals surface area contributed by atoms with Crippen LogP contribution in [0.4, 0.5) is 5.69 Å². The zero-order valence-electron chi connectivity index (χ0n) is 11.6. The Morgan fingerprint density at radius 2 is 2.05 bits per heavy atom. The topological polar surface area (TPSA) is 82.0 Å². The third-order valence-electron chi connectivity index (χ3n) is 4.40. The highest BCUT2D eigenvalue weighted by Crippen LogP contribution is 2.41. The van der Waals surface area contributed by atoms with Crippen molar-refractivity contribution in [1.29, 1.82) is 0 Å². The second kappa shape index (κ2) is 5.25. The zero-order chi connectivity index (χ0) is 14.0. The first-order valence-corrected chi connectivity index (χ1v) is 6.79. The van der Waals surface area contributed by atoms with Gasteiger partial charge in [-0.15, -0.1) is 0 Å². The van der Waals surface area contributed by atoms with E-state index in [1.165, 1.54) is 12.8 Å². The SMILES string of the molecule is Cc1cnc(CC2(CN)CCCC2)c(C)c1[N+](=O)[O-]. The third-order valence-corrected chi connectivity index (χ3v) is 4.40. The molecule has 1 aromatic rings. The molecule has 0 aliphatic heterocycles. The largest absolute Gasteiger partial charge is 0.330 e. The van der Waals surface area contributed by atoms with E-state index < -0.39 is 0 Å². The van der Waals surface area contributed by atoms with E-state index in [0.29, 0.717) is 17.7 Å². The second-order valence-electron chi connectivity index (χ2n) is 5.71. The molecular formula is C14H21N3O2. The van der Waals surface area contributed by atoms with Crippen LogP contribution in [0.5, 0.6) is 0 Å². The van der Waals surface area contributed by atoms with Gasteiger partial charge in [-0.2, -0.15) is 0 Å². The van der Waals surface area contributed by atoms with Crippen LogP contribution in [-0.4, -0.2) is 16.5 Å². The van der Waals surface area contributed by atoms with Crippen molar-refractivity contribution in [2.75, 3.05) is 6.54 Å². The molecular weight excluding hydrogens is 242 g/mol. The van der Waals surface area contributed by atoms with Crippen LogP contribution in [0.1, 0.15) is 42.5 Å². The van der Waals surface area contributed by atoms with Crippen molar-refractivity contribution in [3.63, 3.8) is 0 Å². The first-order valence-electron chi connectivity index (χ1n) is 6.79. The number of rotatable bonds is 4. The van der Waals surface area contributed by atoms with Gasteiger partial charge in [-0.05, 0) is 45.1 Å². The van der Waals surface area contributed by atoms with Crippen molar-refractivity contribution in [1.82, 2.24) is 4.98 Å². The van der Waals surface area contributed by atoms with E-state index in [1.807, 2.05) is 0 Å². The summed E-state index contributed by atoms with van der Waals surface area (Å²) >= 11 is 0. The highest BCUT2D eigenvalue weighted by molar-refractivity contribution is 5.47. The lowest BCUT2D eigenvalue weighted by Crippen LogP contribution is -2.30. The van der Waals surface area contributed by atoms with Gasteiger partial charge < -0.3 is 5.73 Å². The first-order chi connectivity index (χ1) is 8.99. The maximum absolute atomic E-state index is 11.1. The van der Waals surface area contributed by atoms with Crippen LogP contribution in [0, 0.1) is 29.4 Å². The van der Waals surface area contributed by atoms with Gasteiger partial charge in [-0.3, -0.25) is 15.1 Å². The van der Waals surface area contributed by atoms with Gasteiger partial charge in [-0.25, -0.2) is 0 Å². The molecule has 2 rings (SSSR count). The molecule has 5 heteroatoms. The smallest absolute Gasteiger partial charge is 0.278 e. The Hall–Kier alpha value is -1.49. The van der Waals surface area contributed by atoms with Gasteiger partial charge in [0.1, 0.15) is 0 Å². The van der Waals surface area contributed by atoms with Gasteiger partial charge in [0.15, 0.2) is 0 Å². The fraction of sp³-hybridized carbons (Fsp3) is 0.643. The predicted molar refractivity (Wildman–Crippen MR) is 74.0 cm³/mol. The summed E-state index contributed by atoms with van der Waals surface area (Å²) < 4.78 is 0. The van der Waals surface area contributed by atoms with Crippen LogP contribution in [0.25, 0.3) is 0 Å². The molecule has 1 fully saturated rings. The number of nitrogens with zero attached hydrogens (tertiary/aromatic N) is 2. The summed E-state index contributed by atoms with van der Waals surface area (Å²) in [4.78, 5) is 15.2. The van der Waals surface area contributed by atoms with Crippen molar-refractivity contribution in [3.8, 4) is 0 Å². The molecule has 0 atom stereocenters. The average molecular weight is 263 g/mol. The minimum atomic E-state index is -0.306. The quantitative estimate of drug-likeness (QED) is 0.668. The van der Waals surface area contributed by atoms with Gasteiger partial charge in [-0.1, -0.05) is 12.8 Å². The number of hydrogen-bond donors (Lipinski definition) is 1. The van der Waals surface area contributed by atoms with Crippen molar-refractivity contribution < 1.29 is 4.92 Å². The van der Waals surface area contributed by atoms with Crippen LogP contribution in [0.15, 0.2) is 6.20 Å². The Balaban J connectivity index is 2.36. The van der Waals surface area contributed by atoms with E-state index in [9.17, 15) is 10.1 Å². The molecule has 104 valence electrons. The molecule has 19 heavy (non-hydrogen) atoms. The summed E-state index contributed by atoms with van der Waals surface area (Å²) in [6.45, 7) is 4.17. The van der Waals surface area contributed by atoms with Crippen LogP contribution >= 0.6 is 0 Å². The molecule has 2 N–H and O–H groups in total. The van der Waals surface area contributed by atoms with Gasteiger partial charge in [0, 0.05) is 17.3 Å². The molecule has 1 aromatic heterocycles. The number of aryl methyl sites for hydroxylation is 1. The van der Waals surface area contributed by atoms with Gasteiger partial charge in [0.2, 0.25) is 0 Å². The van der Waals surface area contributed by atoms with Crippen LogP contribution in [0.2, 0.25) is 0 Å². The van der Waals surface area contributed by atoms with E-state index >= 15 is 0 Å². The summed E-state index contributed by atoms with van der Waals surface area (Å²) in [5.41, 5.74) is 8.40. The lowest BCUT2D eigenvalue weighted by atomic mass is 9.80. The molecule has 0 unspecified atom stereocenters. The van der Waals surface area contributed by atoms with E-state index in [-0.39, 0.29) is 16.0 Å². The molecule has 0 bridgehead atoms. The summed E-state index contributed by atoms with van der Waals surface area (Å²) in [5, 5.41) is 11.1. The monoisotopic (exact) mass is 263 g/mol. The molecule has 1 aliphatic rings. The fourth-order valence-electron chi connectivity index (χ4n) is 3.16. The molecule has 1 saturated carbocycles. The molecule has 5 nitrogen and oxygen atoms in total. The number of nitro groups is 1. The normalized spacial score (nSPS) is 17.6. The van der Waals surface area contributed by atoms with Crippen LogP contribution in [0.3, 0.4) is 0 Å². The number of pyridine rings is 1. The number of aromatic nitrogens is 1. The number of nitrogens with two attached hydrogens (primary N) is 1. The second-order valence-corrected chi connectivity index (χ2v) is 5.71. The fourth-order valence-corrected chi connectivity index (χ4v) is 3.16. The molecule has 1 aliphatic carbocycles. The highest BCUT2D eigenvalue weighted by Gasteiger charge is 2.34. The van der Waals surface area contributed by atoms with Crippen molar-refractivity contribution in [2.24, 2.45) is 11.1 Å². The van der Waals surface area contributed by atoms with Crippen LogP contribution in [-0.2, 0) is 6.42 Å². The third kappa shape index (κ3) is 2.61. The maximum atomic E-state index is 11.1. The van der Waals surface area contributed by atoms with Crippen molar-refractivity contribution in [2.45, 2.75) is 46.0 Å². The Morgan fingerprint density at radius 1 is 1.42 bits per heavy atom. The maximum Gasteiger partial charge on any atom is 0.278 e. The van der Waals surface area contributed by atoms with Crippen molar-refractivity contribution in [3.05, 3.63) is 33.1 Å². The van der Waals surface area contributed by atoms with E-state index in [1.54, 1.807) is 20.0 Å². The Kier molecular flexibility index (Phi) is 3.85. The summed E-state index contributed by atoms with van der Waals surface area (Å²) in [6.07, 6.45) is 6.98.